The monoisotopic (exact) mass is 288 g/mol. The minimum absolute atomic E-state index is 0.152. The van der Waals surface area contributed by atoms with Gasteiger partial charge in [0, 0.05) is 5.41 Å². The largest absolute Gasteiger partial charge is 0.492 e. The first-order valence-corrected chi connectivity index (χ1v) is 6.86. The number of benzene rings is 1. The van der Waals surface area contributed by atoms with Crippen molar-refractivity contribution in [3.05, 3.63) is 42.0 Å². The highest BCUT2D eigenvalue weighted by atomic mass is 16.5. The fourth-order valence-corrected chi connectivity index (χ4v) is 1.63. The van der Waals surface area contributed by atoms with Crippen LogP contribution in [-0.4, -0.2) is 34.2 Å². The van der Waals surface area contributed by atoms with E-state index in [4.69, 9.17) is 4.74 Å². The number of rotatable bonds is 5. The molecular formula is C15H20N4O2. The quantitative estimate of drug-likeness (QED) is 0.824. The first kappa shape index (κ1) is 15.0. The molecule has 2 rings (SSSR count). The molecule has 1 aromatic heterocycles. The second-order valence-corrected chi connectivity index (χ2v) is 5.68. The van der Waals surface area contributed by atoms with E-state index in [9.17, 15) is 4.79 Å². The van der Waals surface area contributed by atoms with E-state index in [0.717, 1.165) is 5.75 Å². The van der Waals surface area contributed by atoms with Crippen LogP contribution in [0.3, 0.4) is 0 Å². The molecule has 1 aromatic carbocycles. The highest BCUT2D eigenvalue weighted by Crippen LogP contribution is 2.17. The average molecular weight is 288 g/mol. The van der Waals surface area contributed by atoms with Crippen LogP contribution < -0.4 is 10.1 Å². The van der Waals surface area contributed by atoms with Crippen LogP contribution in [0.1, 0.15) is 37.2 Å². The molecule has 1 heterocycles. The fourth-order valence-electron chi connectivity index (χ4n) is 1.63. The van der Waals surface area contributed by atoms with Crippen LogP contribution in [0.2, 0.25) is 0 Å². The maximum atomic E-state index is 11.9. The lowest BCUT2D eigenvalue weighted by Gasteiger charge is -2.12. The number of nitrogens with one attached hydrogen (secondary N) is 2. The van der Waals surface area contributed by atoms with Gasteiger partial charge in [-0.1, -0.05) is 39.0 Å². The van der Waals surface area contributed by atoms with Crippen molar-refractivity contribution >= 4 is 5.91 Å². The molecule has 0 aliphatic heterocycles. The van der Waals surface area contributed by atoms with Gasteiger partial charge in [0.25, 0.3) is 5.91 Å². The van der Waals surface area contributed by atoms with Crippen molar-refractivity contribution in [2.75, 3.05) is 13.2 Å². The zero-order chi connectivity index (χ0) is 15.3. The minimum atomic E-state index is -0.307. The molecule has 0 saturated heterocycles. The smallest absolute Gasteiger partial charge is 0.291 e. The minimum Gasteiger partial charge on any atom is -0.492 e. The average Bonchev–Trinajstić information content (AvgIpc) is 2.94. The first-order chi connectivity index (χ1) is 9.97. The van der Waals surface area contributed by atoms with E-state index in [-0.39, 0.29) is 17.1 Å². The third-order valence-electron chi connectivity index (χ3n) is 2.80. The van der Waals surface area contributed by atoms with Crippen molar-refractivity contribution in [2.24, 2.45) is 0 Å². The molecule has 21 heavy (non-hydrogen) atoms. The summed E-state index contributed by atoms with van der Waals surface area (Å²) in [4.78, 5) is 16.1. The predicted octanol–water partition coefficient (Wildman–Crippen LogP) is 1.91. The van der Waals surface area contributed by atoms with Gasteiger partial charge in [0.05, 0.1) is 6.54 Å². The van der Waals surface area contributed by atoms with E-state index in [0.29, 0.717) is 19.0 Å². The second kappa shape index (κ2) is 6.39. The Bertz CT molecular complexity index is 587. The van der Waals surface area contributed by atoms with E-state index < -0.39 is 0 Å². The third-order valence-corrected chi connectivity index (χ3v) is 2.80. The van der Waals surface area contributed by atoms with Gasteiger partial charge in [0.15, 0.2) is 0 Å². The Balaban J connectivity index is 1.78. The molecule has 0 fully saturated rings. The number of hydrogen-bond acceptors (Lipinski definition) is 4. The van der Waals surface area contributed by atoms with Crippen LogP contribution in [0, 0.1) is 0 Å². The van der Waals surface area contributed by atoms with Crippen molar-refractivity contribution < 1.29 is 9.53 Å². The highest BCUT2D eigenvalue weighted by molar-refractivity contribution is 5.90. The van der Waals surface area contributed by atoms with Gasteiger partial charge in [-0.3, -0.25) is 9.89 Å². The summed E-state index contributed by atoms with van der Waals surface area (Å²) in [7, 11) is 0. The Morgan fingerprint density at radius 1 is 1.29 bits per heavy atom. The predicted molar refractivity (Wildman–Crippen MR) is 79.4 cm³/mol. The molecule has 0 saturated carbocycles. The van der Waals surface area contributed by atoms with Gasteiger partial charge in [0.1, 0.15) is 18.2 Å². The second-order valence-electron chi connectivity index (χ2n) is 5.68. The standard InChI is InChI=1S/C15H20N4O2/c1-15(2,3)14-17-12(18-19-14)13(20)16-9-10-21-11-7-5-4-6-8-11/h4-8H,9-10H2,1-3H3,(H,16,20)(H,17,18,19). The number of amides is 1. The summed E-state index contributed by atoms with van der Waals surface area (Å²) in [6, 6.07) is 9.45. The summed E-state index contributed by atoms with van der Waals surface area (Å²) in [6.45, 7) is 6.80. The Hall–Kier alpha value is -2.37. The maximum absolute atomic E-state index is 11.9. The van der Waals surface area contributed by atoms with Crippen molar-refractivity contribution in [1.29, 1.82) is 0 Å². The van der Waals surface area contributed by atoms with E-state index in [1.807, 2.05) is 51.1 Å². The SMILES string of the molecule is CC(C)(C)c1nc(C(=O)NCCOc2ccccc2)n[nH]1. The molecule has 0 aliphatic rings. The Morgan fingerprint density at radius 3 is 2.62 bits per heavy atom. The Morgan fingerprint density at radius 2 is 2.00 bits per heavy atom. The lowest BCUT2D eigenvalue weighted by atomic mass is 9.96. The zero-order valence-corrected chi connectivity index (χ0v) is 12.5. The molecule has 6 nitrogen and oxygen atoms in total. The van der Waals surface area contributed by atoms with Crippen LogP contribution in [0.15, 0.2) is 30.3 Å². The van der Waals surface area contributed by atoms with E-state index in [2.05, 4.69) is 20.5 Å². The molecule has 6 heteroatoms. The Labute approximate surface area is 123 Å². The molecule has 0 radical (unpaired) electrons. The van der Waals surface area contributed by atoms with Crippen molar-refractivity contribution in [3.8, 4) is 5.75 Å². The molecule has 0 unspecified atom stereocenters. The summed E-state index contributed by atoms with van der Waals surface area (Å²) in [5.74, 6) is 1.31. The van der Waals surface area contributed by atoms with Crippen molar-refractivity contribution in [3.63, 3.8) is 0 Å². The highest BCUT2D eigenvalue weighted by Gasteiger charge is 2.20. The molecular weight excluding hydrogens is 268 g/mol. The number of para-hydroxylation sites is 1. The topological polar surface area (TPSA) is 79.9 Å². The summed E-state index contributed by atoms with van der Waals surface area (Å²) in [6.07, 6.45) is 0. The Kier molecular flexibility index (Phi) is 4.57. The number of H-pyrrole nitrogens is 1. The lowest BCUT2D eigenvalue weighted by Crippen LogP contribution is -2.29. The van der Waals surface area contributed by atoms with Gasteiger partial charge >= 0.3 is 0 Å². The van der Waals surface area contributed by atoms with E-state index >= 15 is 0 Å². The number of nitrogens with zero attached hydrogens (tertiary/aromatic N) is 2. The molecule has 2 N–H and O–H groups in total. The molecule has 112 valence electrons. The summed E-state index contributed by atoms with van der Waals surface area (Å²) >= 11 is 0. The zero-order valence-electron chi connectivity index (χ0n) is 12.5. The van der Waals surface area contributed by atoms with Gasteiger partial charge in [0.2, 0.25) is 5.82 Å². The number of carbonyl (C=O) groups excluding carboxylic acids is 1. The van der Waals surface area contributed by atoms with Gasteiger partial charge in [-0.2, -0.15) is 0 Å². The van der Waals surface area contributed by atoms with Gasteiger partial charge in [-0.25, -0.2) is 4.98 Å². The van der Waals surface area contributed by atoms with E-state index in [1.165, 1.54) is 0 Å². The van der Waals surface area contributed by atoms with Crippen LogP contribution in [0.5, 0.6) is 5.75 Å². The van der Waals surface area contributed by atoms with E-state index in [1.54, 1.807) is 0 Å². The molecule has 1 amide bonds. The van der Waals surface area contributed by atoms with Crippen LogP contribution in [0.4, 0.5) is 0 Å². The molecule has 0 bridgehead atoms. The van der Waals surface area contributed by atoms with Crippen molar-refractivity contribution in [2.45, 2.75) is 26.2 Å². The first-order valence-electron chi connectivity index (χ1n) is 6.86. The number of aromatic amines is 1. The molecule has 0 aliphatic carbocycles. The number of ether oxygens (including phenoxy) is 1. The summed E-state index contributed by atoms with van der Waals surface area (Å²) in [5, 5.41) is 9.45. The molecule has 0 spiro atoms. The van der Waals surface area contributed by atoms with Crippen molar-refractivity contribution in [1.82, 2.24) is 20.5 Å². The number of aromatic nitrogens is 3. The molecule has 2 aromatic rings. The van der Waals surface area contributed by atoms with Gasteiger partial charge < -0.3 is 10.1 Å². The summed E-state index contributed by atoms with van der Waals surface area (Å²) in [5.41, 5.74) is -0.165. The maximum Gasteiger partial charge on any atom is 0.291 e. The van der Waals surface area contributed by atoms with Gasteiger partial charge in [-0.15, -0.1) is 5.10 Å². The lowest BCUT2D eigenvalue weighted by molar-refractivity contribution is 0.0937. The normalized spacial score (nSPS) is 11.2. The van der Waals surface area contributed by atoms with Crippen LogP contribution in [-0.2, 0) is 5.41 Å². The molecule has 0 atom stereocenters. The number of hydrogen-bond donors (Lipinski definition) is 2. The number of carbonyl (C=O) groups is 1. The summed E-state index contributed by atoms with van der Waals surface area (Å²) < 4.78 is 5.49. The van der Waals surface area contributed by atoms with Crippen LogP contribution >= 0.6 is 0 Å². The fraction of sp³-hybridized carbons (Fsp3) is 0.400. The van der Waals surface area contributed by atoms with Crippen LogP contribution in [0.25, 0.3) is 0 Å². The third kappa shape index (κ3) is 4.30. The van der Waals surface area contributed by atoms with Gasteiger partial charge in [-0.05, 0) is 12.1 Å².